The van der Waals surface area contributed by atoms with E-state index in [1.54, 1.807) is 19.3 Å². The van der Waals surface area contributed by atoms with Crippen molar-refractivity contribution in [2.75, 3.05) is 7.11 Å². The number of allylic oxidation sites excluding steroid dienone is 1. The van der Waals surface area contributed by atoms with Gasteiger partial charge in [-0.1, -0.05) is 82.6 Å². The summed E-state index contributed by atoms with van der Waals surface area (Å²) in [5, 5.41) is 0.684. The smallest absolute Gasteiger partial charge is 0.274 e. The van der Waals surface area contributed by atoms with E-state index < -0.39 is 0 Å². The highest BCUT2D eigenvalue weighted by atomic mass is 16.5. The van der Waals surface area contributed by atoms with Gasteiger partial charge in [-0.25, -0.2) is 0 Å². The predicted octanol–water partition coefficient (Wildman–Crippen LogP) is 4.26. The number of nitrogens with one attached hydrogen (secondary N) is 1. The maximum Gasteiger partial charge on any atom is 0.274 e. The minimum Gasteiger partial charge on any atom is -0.497 e. The molecule has 5 heteroatoms. The molecule has 0 saturated carbocycles. The second kappa shape index (κ2) is 14.3. The van der Waals surface area contributed by atoms with Crippen LogP contribution in [0.5, 0.6) is 5.75 Å². The number of unbranched alkanes of at least 4 members (excludes halogenated alkanes) is 9. The lowest BCUT2D eigenvalue weighted by Crippen LogP contribution is -2.53. The summed E-state index contributed by atoms with van der Waals surface area (Å²) < 4.78 is 6.66. The van der Waals surface area contributed by atoms with Crippen LogP contribution in [0.25, 0.3) is 12.2 Å². The molecule has 0 atom stereocenters. The summed E-state index contributed by atoms with van der Waals surface area (Å²) in [5.74, 6) is 0.737. The van der Waals surface area contributed by atoms with Gasteiger partial charge in [0.15, 0.2) is 0 Å². The number of aromatic amines is 1. The lowest BCUT2D eigenvalue weighted by Gasteiger charge is -2.05. The van der Waals surface area contributed by atoms with Crippen molar-refractivity contribution in [2.24, 2.45) is 0 Å². The van der Waals surface area contributed by atoms with Gasteiger partial charge in [-0.15, -0.1) is 6.58 Å². The molecule has 1 N–H and O–H groups in total. The summed E-state index contributed by atoms with van der Waals surface area (Å²) >= 11 is 0. The molecule has 0 saturated heterocycles. The van der Waals surface area contributed by atoms with E-state index in [1.807, 2.05) is 30.3 Å². The third-order valence-corrected chi connectivity index (χ3v) is 5.63. The van der Waals surface area contributed by atoms with Gasteiger partial charge >= 0.3 is 0 Å². The van der Waals surface area contributed by atoms with E-state index in [2.05, 4.69) is 18.5 Å². The van der Waals surface area contributed by atoms with Gasteiger partial charge < -0.3 is 9.72 Å². The first-order chi connectivity index (χ1) is 15.6. The fourth-order valence-electron chi connectivity index (χ4n) is 3.77. The number of methoxy groups -OCH3 is 1. The molecule has 0 aliphatic rings. The van der Waals surface area contributed by atoms with E-state index in [9.17, 15) is 9.59 Å². The van der Waals surface area contributed by atoms with Crippen molar-refractivity contribution in [3.05, 3.63) is 73.9 Å². The summed E-state index contributed by atoms with van der Waals surface area (Å²) in [4.78, 5) is 28.5. The van der Waals surface area contributed by atoms with Gasteiger partial charge in [0.1, 0.15) is 16.4 Å². The van der Waals surface area contributed by atoms with Crippen LogP contribution in [-0.4, -0.2) is 16.7 Å². The Morgan fingerprint density at radius 1 is 0.969 bits per heavy atom. The van der Waals surface area contributed by atoms with Crippen LogP contribution in [0, 0.1) is 0 Å². The second-order valence-corrected chi connectivity index (χ2v) is 8.20. The summed E-state index contributed by atoms with van der Waals surface area (Å²) in [7, 11) is 1.61. The van der Waals surface area contributed by atoms with Gasteiger partial charge in [-0.2, -0.15) is 0 Å². The Balaban J connectivity index is 2.10. The number of aromatic nitrogens is 2. The molecule has 174 valence electrons. The first-order valence-corrected chi connectivity index (χ1v) is 11.9. The molecular weight excluding hydrogens is 400 g/mol. The van der Waals surface area contributed by atoms with Gasteiger partial charge in [0.25, 0.3) is 11.1 Å². The number of H-pyrrole nitrogens is 1. The number of hydrogen-bond donors (Lipinski definition) is 1. The van der Waals surface area contributed by atoms with Crippen LogP contribution >= 0.6 is 0 Å². The Morgan fingerprint density at radius 2 is 1.59 bits per heavy atom. The molecule has 1 aromatic heterocycles. The van der Waals surface area contributed by atoms with Crippen LogP contribution in [0.1, 0.15) is 76.7 Å². The molecule has 0 radical (unpaired) electrons. The highest BCUT2D eigenvalue weighted by molar-refractivity contribution is 5.49. The Hall–Kier alpha value is -2.82. The average molecular weight is 439 g/mol. The summed E-state index contributed by atoms with van der Waals surface area (Å²) in [5.41, 5.74) is 0.348. The summed E-state index contributed by atoms with van der Waals surface area (Å²) in [6.45, 7) is 6.26. The van der Waals surface area contributed by atoms with Crippen LogP contribution in [0.4, 0.5) is 0 Å². The summed E-state index contributed by atoms with van der Waals surface area (Å²) in [6.07, 6.45) is 17.3. The number of ether oxygens (including phenoxy) is 1. The molecule has 0 aliphatic heterocycles. The van der Waals surface area contributed by atoms with Crippen LogP contribution < -0.4 is 26.6 Å². The minimum atomic E-state index is -0.277. The normalized spacial score (nSPS) is 12.3. The number of rotatable bonds is 14. The van der Waals surface area contributed by atoms with Crippen molar-refractivity contribution in [2.45, 2.75) is 77.7 Å². The third-order valence-electron chi connectivity index (χ3n) is 5.63. The van der Waals surface area contributed by atoms with E-state index in [0.29, 0.717) is 10.7 Å². The van der Waals surface area contributed by atoms with E-state index in [1.165, 1.54) is 49.5 Å². The average Bonchev–Trinajstić information content (AvgIpc) is 2.80. The fourth-order valence-corrected chi connectivity index (χ4v) is 3.77. The molecule has 32 heavy (non-hydrogen) atoms. The third kappa shape index (κ3) is 8.03. The zero-order valence-corrected chi connectivity index (χ0v) is 19.7. The van der Waals surface area contributed by atoms with E-state index in [4.69, 9.17) is 4.74 Å². The Labute approximate surface area is 191 Å². The Kier molecular flexibility index (Phi) is 11.4. The predicted molar refractivity (Wildman–Crippen MR) is 134 cm³/mol. The number of nitrogens with zero attached hydrogens (tertiary/aromatic N) is 1. The molecule has 2 rings (SSSR count). The van der Waals surface area contributed by atoms with Crippen LogP contribution in [-0.2, 0) is 6.54 Å². The maximum atomic E-state index is 13.0. The highest BCUT2D eigenvalue weighted by Crippen LogP contribution is 2.11. The first-order valence-electron chi connectivity index (χ1n) is 11.9. The van der Waals surface area contributed by atoms with Gasteiger partial charge in [0.05, 0.1) is 7.11 Å². The molecule has 1 aromatic carbocycles. The van der Waals surface area contributed by atoms with Gasteiger partial charge in [0, 0.05) is 6.54 Å². The molecule has 5 nitrogen and oxygen atoms in total. The van der Waals surface area contributed by atoms with Crippen LogP contribution in [0.3, 0.4) is 0 Å². The number of hydrogen-bond acceptors (Lipinski definition) is 3. The van der Waals surface area contributed by atoms with Gasteiger partial charge in [-0.05, 0) is 36.6 Å². The van der Waals surface area contributed by atoms with E-state index in [0.717, 1.165) is 30.6 Å². The molecule has 2 aromatic rings. The molecule has 0 bridgehead atoms. The zero-order chi connectivity index (χ0) is 23.2. The first kappa shape index (κ1) is 25.4. The zero-order valence-electron chi connectivity index (χ0n) is 19.7. The topological polar surface area (TPSA) is 64.1 Å². The highest BCUT2D eigenvalue weighted by Gasteiger charge is 2.04. The molecule has 0 fully saturated rings. The van der Waals surface area contributed by atoms with E-state index in [-0.39, 0.29) is 17.7 Å². The minimum absolute atomic E-state index is 0.194. The van der Waals surface area contributed by atoms with Crippen molar-refractivity contribution in [1.82, 2.24) is 9.55 Å². The largest absolute Gasteiger partial charge is 0.497 e. The molecule has 0 aliphatic carbocycles. The molecule has 0 spiro atoms. The maximum absolute atomic E-state index is 13.0. The molecule has 0 amide bonds. The number of benzene rings is 1. The molecule has 0 unspecified atom stereocenters. The van der Waals surface area contributed by atoms with E-state index >= 15 is 0 Å². The quantitative estimate of drug-likeness (QED) is 0.354. The lowest BCUT2D eigenvalue weighted by atomic mass is 10.1. The lowest BCUT2D eigenvalue weighted by molar-refractivity contribution is 0.415. The SMILES string of the molecule is C=CCn1c(=O)/c(=C/CCCCCCCCCCC)[nH]c(=O)/c1=C/c1ccc(OC)cc1. The van der Waals surface area contributed by atoms with Crippen LogP contribution in [0.15, 0.2) is 46.5 Å². The monoisotopic (exact) mass is 438 g/mol. The van der Waals surface area contributed by atoms with Crippen molar-refractivity contribution in [1.29, 1.82) is 0 Å². The van der Waals surface area contributed by atoms with Gasteiger partial charge in [-0.3, -0.25) is 14.2 Å². The molecular formula is C27H38N2O3. The molecule has 1 heterocycles. The van der Waals surface area contributed by atoms with Crippen molar-refractivity contribution in [3.8, 4) is 5.75 Å². The summed E-state index contributed by atoms with van der Waals surface area (Å²) in [6, 6.07) is 7.35. The van der Waals surface area contributed by atoms with Crippen molar-refractivity contribution >= 4 is 12.2 Å². The Bertz CT molecular complexity index is 1060. The van der Waals surface area contributed by atoms with Crippen molar-refractivity contribution in [3.63, 3.8) is 0 Å². The van der Waals surface area contributed by atoms with Gasteiger partial charge in [0.2, 0.25) is 0 Å². The standard InChI is InChI=1S/C27H38N2O3/c1-4-6-7-8-9-10-11-12-13-14-15-24-27(31)29(20-5-2)25(26(30)28-24)21-22-16-18-23(32-3)19-17-22/h5,15-19,21H,2,4,6-14,20H2,1,3H3,(H,28,30)/b24-15-,25-21-. The van der Waals surface area contributed by atoms with Crippen molar-refractivity contribution < 1.29 is 4.74 Å². The Morgan fingerprint density at radius 3 is 2.19 bits per heavy atom. The second-order valence-electron chi connectivity index (χ2n) is 8.20. The van der Waals surface area contributed by atoms with Crippen LogP contribution in [0.2, 0.25) is 0 Å². The fraction of sp³-hybridized carbons (Fsp3) is 0.481.